The van der Waals surface area contributed by atoms with Crippen molar-refractivity contribution in [3.63, 3.8) is 0 Å². The highest BCUT2D eigenvalue weighted by atomic mass is 32.2. The molecule has 3 heterocycles. The summed E-state index contributed by atoms with van der Waals surface area (Å²) in [5.74, 6) is 1.89. The minimum atomic E-state index is -3.34. The van der Waals surface area contributed by atoms with Gasteiger partial charge in [0.05, 0.1) is 24.3 Å². The molecule has 3 aromatic heterocycles. The zero-order valence-electron chi connectivity index (χ0n) is 26.3. The maximum atomic E-state index is 11.5. The van der Waals surface area contributed by atoms with Crippen LogP contribution in [0.5, 0.6) is 0 Å². The zero-order chi connectivity index (χ0) is 31.9. The number of thioether (sulfide) groups is 1. The number of nitrogens with zero attached hydrogens (tertiary/aromatic N) is 6. The molecule has 41 heavy (non-hydrogen) atoms. The molecule has 0 unspecified atom stereocenters. The van der Waals surface area contributed by atoms with Gasteiger partial charge < -0.3 is 13.7 Å². The van der Waals surface area contributed by atoms with Crippen LogP contribution in [-0.4, -0.2) is 65.9 Å². The van der Waals surface area contributed by atoms with Gasteiger partial charge in [-0.3, -0.25) is 14.4 Å². The van der Waals surface area contributed by atoms with Crippen molar-refractivity contribution < 1.29 is 22.8 Å². The van der Waals surface area contributed by atoms with E-state index in [9.17, 15) is 22.8 Å². The molecule has 0 amide bonds. The Hall–Kier alpha value is -3.06. The molecule has 0 radical (unpaired) electrons. The first kappa shape index (κ1) is 37.9. The molecule has 0 spiro atoms. The number of hydrogen-bond acceptors (Lipinski definition) is 9. The molecule has 0 aliphatic carbocycles. The lowest BCUT2D eigenvalue weighted by molar-refractivity contribution is 0.0996. The second-order valence-electron chi connectivity index (χ2n) is 9.05. The Labute approximate surface area is 249 Å². The summed E-state index contributed by atoms with van der Waals surface area (Å²) in [5.41, 5.74) is 1.67. The summed E-state index contributed by atoms with van der Waals surface area (Å²) in [6.07, 6.45) is 7.80. The van der Waals surface area contributed by atoms with Gasteiger partial charge in [0.25, 0.3) is 0 Å². The fourth-order valence-electron chi connectivity index (χ4n) is 3.35. The molecular weight excluding hydrogens is 564 g/mol. The quantitative estimate of drug-likeness (QED) is 0.238. The van der Waals surface area contributed by atoms with Crippen LogP contribution in [0, 0.1) is 0 Å². The number of sulfone groups is 1. The summed E-state index contributed by atoms with van der Waals surface area (Å²) >= 11 is 1.64. The van der Waals surface area contributed by atoms with E-state index < -0.39 is 9.84 Å². The van der Waals surface area contributed by atoms with Crippen molar-refractivity contribution in [1.82, 2.24) is 28.7 Å². The van der Waals surface area contributed by atoms with Gasteiger partial charge in [-0.15, -0.1) is 0 Å². The first-order chi connectivity index (χ1) is 19.1. The van der Waals surface area contributed by atoms with Crippen LogP contribution < -0.4 is 0 Å². The van der Waals surface area contributed by atoms with Crippen molar-refractivity contribution in [2.45, 2.75) is 85.0 Å². The van der Waals surface area contributed by atoms with E-state index in [1.54, 1.807) is 38.0 Å². The van der Waals surface area contributed by atoms with Crippen LogP contribution in [0.4, 0.5) is 0 Å². The van der Waals surface area contributed by atoms with Gasteiger partial charge in [0.1, 0.15) is 22.9 Å². The van der Waals surface area contributed by atoms with Crippen molar-refractivity contribution in [2.24, 2.45) is 21.1 Å². The van der Waals surface area contributed by atoms with Crippen molar-refractivity contribution >= 4 is 38.9 Å². The lowest BCUT2D eigenvalue weighted by Gasteiger charge is -2.02. The Kier molecular flexibility index (Phi) is 17.0. The number of carbonyl (C=O) groups is 3. The largest absolute Gasteiger partial charge is 0.329 e. The number of carbonyl (C=O) groups excluding carboxylic acids is 3. The fourth-order valence-corrected chi connectivity index (χ4v) is 5.02. The molecule has 230 valence electrons. The van der Waals surface area contributed by atoms with Gasteiger partial charge >= 0.3 is 0 Å². The van der Waals surface area contributed by atoms with Crippen molar-refractivity contribution in [2.75, 3.05) is 11.5 Å². The van der Waals surface area contributed by atoms with Crippen LogP contribution in [0.2, 0.25) is 0 Å². The number of rotatable bonds is 9. The molecule has 0 aliphatic rings. The summed E-state index contributed by atoms with van der Waals surface area (Å²) < 4.78 is 27.9. The average Bonchev–Trinajstić information content (AvgIpc) is 3.58. The minimum absolute atomic E-state index is 0.0187. The van der Waals surface area contributed by atoms with Gasteiger partial charge in [-0.2, -0.15) is 0 Å². The zero-order valence-corrected chi connectivity index (χ0v) is 27.9. The van der Waals surface area contributed by atoms with Gasteiger partial charge in [-0.1, -0.05) is 52.8 Å². The van der Waals surface area contributed by atoms with E-state index >= 15 is 0 Å². The third-order valence-corrected chi connectivity index (χ3v) is 8.08. The number of aromatic nitrogens is 6. The topological polar surface area (TPSA) is 139 Å². The van der Waals surface area contributed by atoms with Crippen LogP contribution in [0.25, 0.3) is 0 Å². The third kappa shape index (κ3) is 11.4. The van der Waals surface area contributed by atoms with Gasteiger partial charge in [0.2, 0.25) is 15.0 Å². The smallest absolute Gasteiger partial charge is 0.227 e. The Morgan fingerprint density at radius 2 is 1.17 bits per heavy atom. The summed E-state index contributed by atoms with van der Waals surface area (Å²) in [7, 11) is 1.92. The molecule has 13 heteroatoms. The summed E-state index contributed by atoms with van der Waals surface area (Å²) in [4.78, 5) is 45.1. The number of imidazole rings is 3. The van der Waals surface area contributed by atoms with Gasteiger partial charge in [0, 0.05) is 48.3 Å². The highest BCUT2D eigenvalue weighted by Gasteiger charge is 2.20. The third-order valence-electron chi connectivity index (χ3n) is 5.46. The molecule has 0 fully saturated rings. The number of hydrogen-bond donors (Lipinski definition) is 0. The van der Waals surface area contributed by atoms with Crippen LogP contribution in [-0.2, 0) is 37.4 Å². The predicted molar refractivity (Wildman–Crippen MR) is 164 cm³/mol. The van der Waals surface area contributed by atoms with Crippen LogP contribution in [0.3, 0.4) is 0 Å². The average molecular weight is 611 g/mol. The maximum Gasteiger partial charge on any atom is 0.227 e. The molecule has 11 nitrogen and oxygen atoms in total. The van der Waals surface area contributed by atoms with E-state index in [0.717, 1.165) is 29.6 Å². The number of aryl methyl sites for hydroxylation is 1. The summed E-state index contributed by atoms with van der Waals surface area (Å²) in [5, 5.41) is 0.855. The molecule has 0 atom stereocenters. The standard InChI is InChI=1S/C9H14N2O.C8H12N2O3S.C8H12N2OS.C3H8/c1-4-5-9-10-6-8(7(2)12)11(9)3;1-4-14(12,13)8-9-5-7(6(2)11)10(8)3;1-4-12-8-9-5-7(6(2)11)10(8)3;1-3-2/h6H,4-5H2,1-3H3;5H,4H2,1-3H3;5H,4H2,1-3H3;3H2,1-2H3. The Bertz CT molecular complexity index is 1330. The lowest BCUT2D eigenvalue weighted by atomic mass is 10.3. The van der Waals surface area contributed by atoms with E-state index in [2.05, 4.69) is 42.6 Å². The fraction of sp³-hybridized carbons (Fsp3) is 0.571. The van der Waals surface area contributed by atoms with E-state index in [-0.39, 0.29) is 28.3 Å². The molecule has 0 bridgehead atoms. The second kappa shape index (κ2) is 18.4. The van der Waals surface area contributed by atoms with Crippen LogP contribution in [0.15, 0.2) is 28.9 Å². The highest BCUT2D eigenvalue weighted by Crippen LogP contribution is 2.16. The number of ketones is 3. The Morgan fingerprint density at radius 3 is 1.54 bits per heavy atom. The van der Waals surface area contributed by atoms with Gasteiger partial charge in [-0.25, -0.2) is 23.4 Å². The molecule has 3 rings (SSSR count). The van der Waals surface area contributed by atoms with E-state index in [1.165, 1.54) is 38.1 Å². The Morgan fingerprint density at radius 1 is 0.732 bits per heavy atom. The molecule has 0 saturated carbocycles. The molecule has 0 N–H and O–H groups in total. The summed E-state index contributed by atoms with van der Waals surface area (Å²) in [6, 6.07) is 0. The summed E-state index contributed by atoms with van der Waals surface area (Å²) in [6.45, 7) is 14.4. The van der Waals surface area contributed by atoms with Gasteiger partial charge in [-0.05, 0) is 12.2 Å². The molecule has 0 aromatic carbocycles. The van der Waals surface area contributed by atoms with Crippen LogP contribution in [0.1, 0.15) is 106 Å². The SMILES string of the molecule is CCC.CCCc1ncc(C(C)=O)n1C.CCS(=O)(=O)c1ncc(C(C)=O)n1C.CCSc1ncc(C(C)=O)n1C. The minimum Gasteiger partial charge on any atom is -0.329 e. The molecule has 0 saturated heterocycles. The highest BCUT2D eigenvalue weighted by molar-refractivity contribution is 7.99. The van der Waals surface area contributed by atoms with E-state index in [1.807, 2.05) is 23.2 Å². The van der Waals surface area contributed by atoms with Gasteiger partial charge in [0.15, 0.2) is 22.5 Å². The van der Waals surface area contributed by atoms with Crippen LogP contribution >= 0.6 is 11.8 Å². The van der Waals surface area contributed by atoms with Crippen molar-refractivity contribution in [3.8, 4) is 0 Å². The monoisotopic (exact) mass is 610 g/mol. The second-order valence-corrected chi connectivity index (χ2v) is 12.5. The predicted octanol–water partition coefficient (Wildman–Crippen LogP) is 5.14. The molecule has 0 aliphatic heterocycles. The normalized spacial score (nSPS) is 10.4. The first-order valence-corrected chi connectivity index (χ1v) is 16.2. The molecular formula is C28H46N6O5S2. The molecule has 3 aromatic rings. The van der Waals surface area contributed by atoms with E-state index in [0.29, 0.717) is 17.1 Å². The first-order valence-electron chi connectivity index (χ1n) is 13.6. The van der Waals surface area contributed by atoms with Crippen molar-refractivity contribution in [1.29, 1.82) is 0 Å². The lowest BCUT2D eigenvalue weighted by Crippen LogP contribution is -2.12. The van der Waals surface area contributed by atoms with E-state index in [4.69, 9.17) is 0 Å². The maximum absolute atomic E-state index is 11.5. The van der Waals surface area contributed by atoms with Crippen molar-refractivity contribution in [3.05, 3.63) is 41.5 Å². The Balaban J connectivity index is 0.000000559. The number of Topliss-reactive ketones (excluding diaryl/α,β-unsaturated/α-hetero) is 3.